The van der Waals surface area contributed by atoms with E-state index in [-0.39, 0.29) is 21.3 Å². The van der Waals surface area contributed by atoms with Crippen molar-refractivity contribution in [2.75, 3.05) is 25.0 Å². The second-order valence-corrected chi connectivity index (χ2v) is 9.38. The van der Waals surface area contributed by atoms with Crippen LogP contribution in [-0.4, -0.2) is 49.3 Å². The first kappa shape index (κ1) is 22.5. The summed E-state index contributed by atoms with van der Waals surface area (Å²) in [4.78, 5) is 28.2. The zero-order valence-electron chi connectivity index (χ0n) is 15.8. The molecular weight excluding hydrogens is 453 g/mol. The van der Waals surface area contributed by atoms with Gasteiger partial charge in [-0.05, 0) is 37.1 Å². The van der Waals surface area contributed by atoms with Crippen LogP contribution in [0.15, 0.2) is 41.4 Å². The standard InChI is InChI=1S/C19H19Cl2N3O5S/c20-14-10-16(21)18(22-11-14)23-17(25)12-29-19(26)13-5-4-6-15(9-13)30(27,28)24-7-2-1-3-8-24/h4-6,9-11H,1-3,7-8,12H2,(H,22,23,25). The molecule has 1 N–H and O–H groups in total. The molecule has 0 spiro atoms. The Kier molecular flexibility index (Phi) is 7.30. The third-order valence-electron chi connectivity index (χ3n) is 4.42. The minimum Gasteiger partial charge on any atom is -0.452 e. The number of benzene rings is 1. The van der Waals surface area contributed by atoms with E-state index in [0.717, 1.165) is 19.3 Å². The van der Waals surface area contributed by atoms with Gasteiger partial charge in [-0.25, -0.2) is 18.2 Å². The van der Waals surface area contributed by atoms with Crippen LogP contribution in [-0.2, 0) is 19.6 Å². The predicted molar refractivity (Wildman–Crippen MR) is 112 cm³/mol. The Hall–Kier alpha value is -2.20. The molecule has 0 atom stereocenters. The third-order valence-corrected chi connectivity index (χ3v) is 6.81. The molecule has 30 heavy (non-hydrogen) atoms. The van der Waals surface area contributed by atoms with Gasteiger partial charge in [0.1, 0.15) is 0 Å². The average Bonchev–Trinajstić information content (AvgIpc) is 2.74. The van der Waals surface area contributed by atoms with Gasteiger partial charge in [0.05, 0.1) is 20.5 Å². The first-order valence-corrected chi connectivity index (χ1v) is 11.4. The topological polar surface area (TPSA) is 106 Å². The lowest BCUT2D eigenvalue weighted by Crippen LogP contribution is -2.35. The number of ether oxygens (including phenoxy) is 1. The maximum Gasteiger partial charge on any atom is 0.338 e. The van der Waals surface area contributed by atoms with Crippen LogP contribution in [0.2, 0.25) is 10.0 Å². The number of esters is 1. The minimum absolute atomic E-state index is 0.0143. The fourth-order valence-electron chi connectivity index (χ4n) is 2.93. The fraction of sp³-hybridized carbons (Fsp3) is 0.316. The van der Waals surface area contributed by atoms with E-state index in [0.29, 0.717) is 18.1 Å². The van der Waals surface area contributed by atoms with Gasteiger partial charge in [0, 0.05) is 19.3 Å². The Morgan fingerprint density at radius 3 is 2.57 bits per heavy atom. The molecule has 1 aliphatic rings. The minimum atomic E-state index is -3.69. The van der Waals surface area contributed by atoms with E-state index in [4.69, 9.17) is 27.9 Å². The van der Waals surface area contributed by atoms with Crippen molar-refractivity contribution in [3.8, 4) is 0 Å². The van der Waals surface area contributed by atoms with Gasteiger partial charge in [-0.3, -0.25) is 4.79 Å². The molecule has 1 aromatic carbocycles. The highest BCUT2D eigenvalue weighted by Gasteiger charge is 2.26. The Balaban J connectivity index is 1.63. The maximum absolute atomic E-state index is 12.8. The number of halogens is 2. The predicted octanol–water partition coefficient (Wildman–Crippen LogP) is 3.36. The molecule has 1 saturated heterocycles. The van der Waals surface area contributed by atoms with Gasteiger partial charge in [0.25, 0.3) is 5.91 Å². The molecular formula is C19H19Cl2N3O5S. The fourth-order valence-corrected chi connectivity index (χ4v) is 4.92. The number of hydrogen-bond donors (Lipinski definition) is 1. The van der Waals surface area contributed by atoms with E-state index in [2.05, 4.69) is 10.3 Å². The van der Waals surface area contributed by atoms with Crippen LogP contribution in [0.4, 0.5) is 5.82 Å². The van der Waals surface area contributed by atoms with Crippen molar-refractivity contribution < 1.29 is 22.7 Å². The van der Waals surface area contributed by atoms with E-state index in [1.54, 1.807) is 0 Å². The summed E-state index contributed by atoms with van der Waals surface area (Å²) in [5.41, 5.74) is 0.0311. The van der Waals surface area contributed by atoms with E-state index < -0.39 is 28.5 Å². The zero-order valence-corrected chi connectivity index (χ0v) is 18.1. The van der Waals surface area contributed by atoms with Gasteiger partial charge in [-0.1, -0.05) is 35.7 Å². The summed E-state index contributed by atoms with van der Waals surface area (Å²) >= 11 is 11.7. The molecule has 0 unspecified atom stereocenters. The van der Waals surface area contributed by atoms with E-state index in [9.17, 15) is 18.0 Å². The number of nitrogens with zero attached hydrogens (tertiary/aromatic N) is 2. The summed E-state index contributed by atoms with van der Waals surface area (Å²) in [6.07, 6.45) is 3.92. The number of aromatic nitrogens is 1. The molecule has 8 nitrogen and oxygen atoms in total. The SMILES string of the molecule is O=C(COC(=O)c1cccc(S(=O)(=O)N2CCCCC2)c1)Nc1ncc(Cl)cc1Cl. The average molecular weight is 472 g/mol. The van der Waals surface area contributed by atoms with E-state index >= 15 is 0 Å². The molecule has 3 rings (SSSR count). The second kappa shape index (κ2) is 9.74. The lowest BCUT2D eigenvalue weighted by molar-refractivity contribution is -0.119. The van der Waals surface area contributed by atoms with Gasteiger partial charge in [0.15, 0.2) is 12.4 Å². The number of pyridine rings is 1. The van der Waals surface area contributed by atoms with Crippen LogP contribution < -0.4 is 5.32 Å². The number of piperidine rings is 1. The number of rotatable bonds is 6. The quantitative estimate of drug-likeness (QED) is 0.647. The highest BCUT2D eigenvalue weighted by molar-refractivity contribution is 7.89. The van der Waals surface area contributed by atoms with Gasteiger partial charge in [0.2, 0.25) is 10.0 Å². The number of amides is 1. The number of carbonyl (C=O) groups excluding carboxylic acids is 2. The van der Waals surface area contributed by atoms with Crippen molar-refractivity contribution in [3.05, 3.63) is 52.1 Å². The van der Waals surface area contributed by atoms with Crippen molar-refractivity contribution in [2.24, 2.45) is 0 Å². The van der Waals surface area contributed by atoms with Crippen LogP contribution >= 0.6 is 23.2 Å². The molecule has 0 bridgehead atoms. The molecule has 0 radical (unpaired) electrons. The number of carbonyl (C=O) groups is 2. The van der Waals surface area contributed by atoms with Crippen LogP contribution in [0.1, 0.15) is 29.6 Å². The Bertz CT molecular complexity index is 1060. The highest BCUT2D eigenvalue weighted by atomic mass is 35.5. The lowest BCUT2D eigenvalue weighted by atomic mass is 10.2. The summed E-state index contributed by atoms with van der Waals surface area (Å²) in [6, 6.07) is 6.98. The molecule has 1 amide bonds. The summed E-state index contributed by atoms with van der Waals surface area (Å²) in [6.45, 7) is 0.319. The summed E-state index contributed by atoms with van der Waals surface area (Å²) in [5, 5.41) is 2.85. The largest absolute Gasteiger partial charge is 0.452 e. The van der Waals surface area contributed by atoms with Crippen LogP contribution in [0, 0.1) is 0 Å². The molecule has 0 saturated carbocycles. The van der Waals surface area contributed by atoms with Crippen molar-refractivity contribution in [1.82, 2.24) is 9.29 Å². The molecule has 160 valence electrons. The first-order valence-electron chi connectivity index (χ1n) is 9.15. The van der Waals surface area contributed by atoms with Gasteiger partial charge >= 0.3 is 5.97 Å². The lowest BCUT2D eigenvalue weighted by Gasteiger charge is -2.25. The molecule has 11 heteroatoms. The van der Waals surface area contributed by atoms with Crippen molar-refractivity contribution in [1.29, 1.82) is 0 Å². The highest BCUT2D eigenvalue weighted by Crippen LogP contribution is 2.23. The Morgan fingerprint density at radius 1 is 1.13 bits per heavy atom. The van der Waals surface area contributed by atoms with Gasteiger partial charge in [-0.15, -0.1) is 0 Å². The van der Waals surface area contributed by atoms with Crippen molar-refractivity contribution in [2.45, 2.75) is 24.2 Å². The van der Waals surface area contributed by atoms with E-state index in [1.807, 2.05) is 0 Å². The number of anilines is 1. The van der Waals surface area contributed by atoms with Gasteiger partial charge in [-0.2, -0.15) is 4.31 Å². The zero-order chi connectivity index (χ0) is 21.7. The number of hydrogen-bond acceptors (Lipinski definition) is 6. The van der Waals surface area contributed by atoms with Gasteiger partial charge < -0.3 is 10.1 Å². The number of nitrogens with one attached hydrogen (secondary N) is 1. The third kappa shape index (κ3) is 5.48. The van der Waals surface area contributed by atoms with Crippen LogP contribution in [0.3, 0.4) is 0 Å². The van der Waals surface area contributed by atoms with Crippen LogP contribution in [0.25, 0.3) is 0 Å². The van der Waals surface area contributed by atoms with Crippen molar-refractivity contribution >= 4 is 50.9 Å². The normalized spacial score (nSPS) is 14.9. The molecule has 0 aliphatic carbocycles. The summed E-state index contributed by atoms with van der Waals surface area (Å²) in [7, 11) is -3.69. The Morgan fingerprint density at radius 2 is 1.87 bits per heavy atom. The summed E-state index contributed by atoms with van der Waals surface area (Å²) < 4.78 is 31.9. The Labute approximate surface area is 184 Å². The molecule has 1 aromatic heterocycles. The van der Waals surface area contributed by atoms with Crippen molar-refractivity contribution in [3.63, 3.8) is 0 Å². The second-order valence-electron chi connectivity index (χ2n) is 6.60. The molecule has 1 fully saturated rings. The first-order chi connectivity index (χ1) is 14.3. The molecule has 2 aromatic rings. The van der Waals surface area contributed by atoms with Crippen LogP contribution in [0.5, 0.6) is 0 Å². The van der Waals surface area contributed by atoms with E-state index in [1.165, 1.54) is 40.8 Å². The molecule has 2 heterocycles. The summed E-state index contributed by atoms with van der Waals surface area (Å²) in [5.74, 6) is -1.40. The maximum atomic E-state index is 12.8. The molecule has 1 aliphatic heterocycles. The smallest absolute Gasteiger partial charge is 0.338 e. The monoisotopic (exact) mass is 471 g/mol. The number of sulfonamides is 1.